The lowest BCUT2D eigenvalue weighted by atomic mass is 10.0. The van der Waals surface area contributed by atoms with Crippen LogP contribution in [0.1, 0.15) is 68.7 Å². The molecule has 66 heavy (non-hydrogen) atoms. The van der Waals surface area contributed by atoms with Crippen LogP contribution in [0.3, 0.4) is 0 Å². The van der Waals surface area contributed by atoms with Gasteiger partial charge in [-0.25, -0.2) is 10.0 Å². The first-order chi connectivity index (χ1) is 32.2. The second-order valence-electron chi connectivity index (χ2n) is 14.9. The van der Waals surface area contributed by atoms with Gasteiger partial charge in [0.15, 0.2) is 23.0 Å². The van der Waals surface area contributed by atoms with Crippen molar-refractivity contribution in [2.75, 3.05) is 39.1 Å². The first kappa shape index (κ1) is 45.6. The van der Waals surface area contributed by atoms with Gasteiger partial charge in [0.05, 0.1) is 64.1 Å². The molecule has 0 unspecified atom stereocenters. The number of carbonyl (C=O) groups is 4. The molecule has 4 amide bonds. The first-order valence-corrected chi connectivity index (χ1v) is 21.0. The van der Waals surface area contributed by atoms with Gasteiger partial charge in [-0.05, 0) is 90.0 Å². The Morgan fingerprint density at radius 1 is 0.545 bits per heavy atom. The predicted octanol–water partition coefficient (Wildman–Crippen LogP) is 7.76. The molecule has 2 aliphatic rings. The van der Waals surface area contributed by atoms with E-state index >= 15 is 0 Å². The minimum Gasteiger partial charge on any atom is -0.493 e. The van der Waals surface area contributed by atoms with Crippen LogP contribution in [0.15, 0.2) is 144 Å². The van der Waals surface area contributed by atoms with E-state index in [0.29, 0.717) is 77.7 Å². The van der Waals surface area contributed by atoms with Crippen LogP contribution in [-0.2, 0) is 22.7 Å². The maximum absolute atomic E-state index is 12.6. The summed E-state index contributed by atoms with van der Waals surface area (Å²) in [6.07, 6.45) is 8.03. The number of hydrogen-bond donors (Lipinski definition) is 2. The summed E-state index contributed by atoms with van der Waals surface area (Å²) in [4.78, 5) is 58.1. The van der Waals surface area contributed by atoms with Gasteiger partial charge in [0, 0.05) is 73.0 Å². The Bertz CT molecular complexity index is 2770. The number of aromatic nitrogens is 2. The minimum absolute atomic E-state index is 0.0518. The maximum atomic E-state index is 12.6. The molecule has 0 saturated carbocycles. The largest absolute Gasteiger partial charge is 0.493 e. The molecule has 4 aromatic carbocycles. The van der Waals surface area contributed by atoms with Crippen LogP contribution in [-0.4, -0.2) is 83.5 Å². The highest BCUT2D eigenvalue weighted by atomic mass is 16.5. The smallest absolute Gasteiger partial charge is 0.257 e. The van der Waals surface area contributed by atoms with Crippen molar-refractivity contribution in [2.45, 2.75) is 38.8 Å². The van der Waals surface area contributed by atoms with Gasteiger partial charge < -0.3 is 29.6 Å². The van der Waals surface area contributed by atoms with Crippen LogP contribution >= 0.6 is 0 Å². The summed E-state index contributed by atoms with van der Waals surface area (Å²) < 4.78 is 21.4. The van der Waals surface area contributed by atoms with Gasteiger partial charge >= 0.3 is 0 Å². The third kappa shape index (κ3) is 11.4. The molecule has 0 spiro atoms. The van der Waals surface area contributed by atoms with Crippen molar-refractivity contribution < 1.29 is 38.1 Å². The number of carbonyl (C=O) groups excluding carboxylic acids is 4. The molecular formula is C50H48N8O8. The van der Waals surface area contributed by atoms with Crippen LogP contribution in [0.25, 0.3) is 0 Å². The Morgan fingerprint density at radius 3 is 1.61 bits per heavy atom. The fraction of sp³-hybridized carbons (Fsp3) is 0.200. The average Bonchev–Trinajstić information content (AvgIpc) is 3.36. The Morgan fingerprint density at radius 2 is 1.08 bits per heavy atom. The predicted molar refractivity (Wildman–Crippen MR) is 249 cm³/mol. The standard InChI is InChI=1S/2C25H24N4O4/c1-32-22-10-8-18(14-23(22)33-2)21-9-11-24(30)29(28-21)16-17-5-3-7-20(13-17)27-25(31)19-6-4-12-26-15-19;1-32-22-11-9-17(14-23(22)33-2)21-10-12-24(30)29(28-21)16-19-6-3-4-8-20(19)27-25(31)18-7-5-13-26-15-18/h3-8,10,12-15H,9,11,16H2,1-2H3,(H,27,31);3-9,11,13-15H,10,12,16H2,1-2H3,(H,27,31). The van der Waals surface area contributed by atoms with E-state index in [0.717, 1.165) is 33.7 Å². The van der Waals surface area contributed by atoms with E-state index in [2.05, 4.69) is 30.8 Å². The van der Waals surface area contributed by atoms with E-state index < -0.39 is 0 Å². The minimum atomic E-state index is -0.268. The van der Waals surface area contributed by atoms with Crippen LogP contribution in [0.5, 0.6) is 23.0 Å². The summed E-state index contributed by atoms with van der Waals surface area (Å²) in [7, 11) is 6.33. The molecule has 16 heteroatoms. The van der Waals surface area contributed by atoms with Gasteiger partial charge in [0.25, 0.3) is 11.8 Å². The van der Waals surface area contributed by atoms with E-state index in [1.54, 1.807) is 77.2 Å². The molecule has 0 bridgehead atoms. The van der Waals surface area contributed by atoms with Gasteiger partial charge in [-0.1, -0.05) is 30.3 Å². The molecule has 0 saturated heterocycles. The number of nitrogens with zero attached hydrogens (tertiary/aromatic N) is 6. The molecule has 336 valence electrons. The SMILES string of the molecule is COc1ccc(C2=NN(Cc3cccc(NC(=O)c4cccnc4)c3)C(=O)CC2)cc1OC.COc1ccc(C2=NN(Cc3ccccc3NC(=O)c3cccnc3)C(=O)CC2)cc1OC. The molecule has 2 N–H and O–H groups in total. The van der Waals surface area contributed by atoms with Crippen molar-refractivity contribution in [2.24, 2.45) is 10.2 Å². The Balaban J connectivity index is 0.000000196. The summed E-state index contributed by atoms with van der Waals surface area (Å²) in [5.41, 5.74) is 7.14. The lowest BCUT2D eigenvalue weighted by Gasteiger charge is -2.25. The van der Waals surface area contributed by atoms with Crippen molar-refractivity contribution in [3.05, 3.63) is 167 Å². The van der Waals surface area contributed by atoms with E-state index in [4.69, 9.17) is 18.9 Å². The number of pyridine rings is 2. The number of nitrogens with one attached hydrogen (secondary N) is 2. The van der Waals surface area contributed by atoms with Gasteiger partial charge in [-0.15, -0.1) is 0 Å². The van der Waals surface area contributed by atoms with Gasteiger partial charge in [-0.3, -0.25) is 29.1 Å². The number of para-hydroxylation sites is 1. The monoisotopic (exact) mass is 888 g/mol. The highest BCUT2D eigenvalue weighted by Crippen LogP contribution is 2.31. The van der Waals surface area contributed by atoms with Crippen LogP contribution < -0.4 is 29.6 Å². The summed E-state index contributed by atoms with van der Waals surface area (Å²) in [5, 5.41) is 17.9. The summed E-state index contributed by atoms with van der Waals surface area (Å²) in [5.74, 6) is 1.83. The van der Waals surface area contributed by atoms with Gasteiger partial charge in [0.1, 0.15) is 0 Å². The number of ether oxygens (including phenoxy) is 4. The lowest BCUT2D eigenvalue weighted by molar-refractivity contribution is -0.133. The third-order valence-electron chi connectivity index (χ3n) is 10.6. The topological polar surface area (TPSA) is 186 Å². The summed E-state index contributed by atoms with van der Waals surface area (Å²) in [6.45, 7) is 0.533. The first-order valence-electron chi connectivity index (χ1n) is 21.0. The zero-order valence-electron chi connectivity index (χ0n) is 36.9. The Hall–Kier alpha value is -8.40. The Labute approximate surface area is 381 Å². The highest BCUT2D eigenvalue weighted by Gasteiger charge is 2.25. The number of amides is 4. The number of hydrogen-bond acceptors (Lipinski definition) is 12. The summed E-state index contributed by atoms with van der Waals surface area (Å²) >= 11 is 0. The number of rotatable bonds is 14. The van der Waals surface area contributed by atoms with Crippen molar-refractivity contribution in [1.82, 2.24) is 20.0 Å². The quantitative estimate of drug-likeness (QED) is 0.110. The van der Waals surface area contributed by atoms with Crippen LogP contribution in [0, 0.1) is 0 Å². The molecule has 16 nitrogen and oxygen atoms in total. The third-order valence-corrected chi connectivity index (χ3v) is 10.6. The lowest BCUT2D eigenvalue weighted by Crippen LogP contribution is -2.32. The zero-order chi connectivity index (χ0) is 46.4. The molecule has 0 atom stereocenters. The fourth-order valence-corrected chi connectivity index (χ4v) is 7.15. The second kappa shape index (κ2) is 21.8. The summed E-state index contributed by atoms with van der Waals surface area (Å²) in [6, 6.07) is 32.7. The van der Waals surface area contributed by atoms with E-state index in [1.807, 2.05) is 72.8 Å². The molecule has 0 fully saturated rings. The number of methoxy groups -OCH3 is 4. The van der Waals surface area contributed by atoms with Crippen molar-refractivity contribution >= 4 is 46.4 Å². The molecule has 0 aliphatic carbocycles. The molecule has 2 aromatic heterocycles. The molecule has 2 aliphatic heterocycles. The molecule has 4 heterocycles. The number of hydrazone groups is 2. The normalized spacial score (nSPS) is 13.3. The van der Waals surface area contributed by atoms with Crippen molar-refractivity contribution in [3.63, 3.8) is 0 Å². The fourth-order valence-electron chi connectivity index (χ4n) is 7.15. The molecule has 8 rings (SSSR count). The van der Waals surface area contributed by atoms with E-state index in [1.165, 1.54) is 22.4 Å². The second-order valence-corrected chi connectivity index (χ2v) is 14.9. The average molecular weight is 889 g/mol. The van der Waals surface area contributed by atoms with E-state index in [9.17, 15) is 19.2 Å². The van der Waals surface area contributed by atoms with Crippen LogP contribution in [0.4, 0.5) is 11.4 Å². The maximum Gasteiger partial charge on any atom is 0.257 e. The molecule has 0 radical (unpaired) electrons. The van der Waals surface area contributed by atoms with Crippen molar-refractivity contribution in [3.8, 4) is 23.0 Å². The van der Waals surface area contributed by atoms with Crippen molar-refractivity contribution in [1.29, 1.82) is 0 Å². The van der Waals surface area contributed by atoms with E-state index in [-0.39, 0.29) is 30.2 Å². The highest BCUT2D eigenvalue weighted by molar-refractivity contribution is 6.06. The molecular weight excluding hydrogens is 841 g/mol. The molecule has 6 aromatic rings. The Kier molecular flexibility index (Phi) is 15.1. The van der Waals surface area contributed by atoms with Gasteiger partial charge in [-0.2, -0.15) is 10.2 Å². The number of benzene rings is 4. The zero-order valence-corrected chi connectivity index (χ0v) is 36.9. The van der Waals surface area contributed by atoms with Gasteiger partial charge in [0.2, 0.25) is 11.8 Å². The number of anilines is 2. The van der Waals surface area contributed by atoms with Crippen LogP contribution in [0.2, 0.25) is 0 Å².